The Kier molecular flexibility index (Phi) is 8.73. The minimum absolute atomic E-state index is 0. The predicted molar refractivity (Wildman–Crippen MR) is 114 cm³/mol. The molecule has 1 aliphatic heterocycles. The lowest BCUT2D eigenvalue weighted by atomic mass is 9.84. The van der Waals surface area contributed by atoms with Gasteiger partial charge in [0, 0.05) is 37.1 Å². The molecule has 0 saturated carbocycles. The van der Waals surface area contributed by atoms with E-state index in [1.807, 2.05) is 13.8 Å². The van der Waals surface area contributed by atoms with Crippen LogP contribution in [-0.4, -0.2) is 56.0 Å². The Morgan fingerprint density at radius 2 is 2.07 bits per heavy atom. The summed E-state index contributed by atoms with van der Waals surface area (Å²) in [4.78, 5) is 28.3. The van der Waals surface area contributed by atoms with Gasteiger partial charge in [-0.3, -0.25) is 14.7 Å². The summed E-state index contributed by atoms with van der Waals surface area (Å²) in [5.41, 5.74) is 0.454. The van der Waals surface area contributed by atoms with Gasteiger partial charge in [-0.05, 0) is 17.7 Å². The fourth-order valence-corrected chi connectivity index (χ4v) is 3.05. The number of amides is 3. The maximum atomic E-state index is 13.2. The number of nitrogens with one attached hydrogen (secondary N) is 3. The molecule has 0 unspecified atom stereocenters. The van der Waals surface area contributed by atoms with E-state index >= 15 is 0 Å². The maximum Gasteiger partial charge on any atom is 0.324 e. The van der Waals surface area contributed by atoms with Crippen molar-refractivity contribution in [1.82, 2.24) is 20.9 Å². The van der Waals surface area contributed by atoms with Crippen LogP contribution in [0.5, 0.6) is 0 Å². The fraction of sp³-hybridized carbons (Fsp3) is 0.471. The number of aliphatic imine (C=N–C) groups is 1. The molecule has 1 fully saturated rings. The van der Waals surface area contributed by atoms with Gasteiger partial charge in [0.2, 0.25) is 5.91 Å². The first-order valence-corrected chi connectivity index (χ1v) is 8.60. The van der Waals surface area contributed by atoms with Gasteiger partial charge in [0.15, 0.2) is 5.96 Å². The summed E-state index contributed by atoms with van der Waals surface area (Å²) < 4.78 is 13.2. The van der Waals surface area contributed by atoms with Crippen molar-refractivity contribution >= 4 is 53.5 Å². The van der Waals surface area contributed by atoms with Gasteiger partial charge in [0.25, 0.3) is 0 Å². The molecule has 0 aromatic heterocycles. The van der Waals surface area contributed by atoms with Crippen molar-refractivity contribution in [2.24, 2.45) is 4.99 Å². The Hall–Kier alpha value is -1.62. The Morgan fingerprint density at radius 3 is 2.63 bits per heavy atom. The Balaban J connectivity index is 0.00000364. The molecular formula is C17H24ClFIN5O2. The first kappa shape index (κ1) is 23.4. The average molecular weight is 512 g/mol. The van der Waals surface area contributed by atoms with E-state index in [0.717, 1.165) is 10.5 Å². The molecule has 0 spiro atoms. The number of nitrogens with zero attached hydrogens (tertiary/aromatic N) is 2. The quantitative estimate of drug-likeness (QED) is 0.236. The summed E-state index contributed by atoms with van der Waals surface area (Å²) in [6.07, 6.45) is 0. The molecule has 3 N–H and O–H groups in total. The van der Waals surface area contributed by atoms with Gasteiger partial charge in [-0.2, -0.15) is 0 Å². The molecule has 10 heteroatoms. The van der Waals surface area contributed by atoms with Crippen molar-refractivity contribution in [2.75, 3.05) is 33.2 Å². The van der Waals surface area contributed by atoms with Gasteiger partial charge in [-0.15, -0.1) is 24.0 Å². The van der Waals surface area contributed by atoms with Crippen LogP contribution < -0.4 is 16.0 Å². The highest BCUT2D eigenvalue weighted by molar-refractivity contribution is 14.0. The highest BCUT2D eigenvalue weighted by Gasteiger charge is 2.28. The Labute approximate surface area is 180 Å². The first-order valence-electron chi connectivity index (χ1n) is 8.23. The van der Waals surface area contributed by atoms with Crippen molar-refractivity contribution in [3.8, 4) is 0 Å². The second kappa shape index (κ2) is 10.1. The topological polar surface area (TPSA) is 85.8 Å². The molecule has 150 valence electrons. The molecule has 0 bridgehead atoms. The molecular weight excluding hydrogens is 488 g/mol. The van der Waals surface area contributed by atoms with Gasteiger partial charge < -0.3 is 16.0 Å². The first-order chi connectivity index (χ1) is 12.2. The van der Waals surface area contributed by atoms with Gasteiger partial charge in [0.05, 0.1) is 6.54 Å². The Bertz CT molecular complexity index is 713. The van der Waals surface area contributed by atoms with E-state index in [0.29, 0.717) is 24.1 Å². The number of carbonyl (C=O) groups is 2. The van der Waals surface area contributed by atoms with Crippen molar-refractivity contribution in [3.63, 3.8) is 0 Å². The number of halogens is 3. The number of urea groups is 1. The molecule has 1 aromatic rings. The van der Waals surface area contributed by atoms with E-state index in [1.165, 1.54) is 12.1 Å². The molecule has 0 atom stereocenters. The zero-order chi connectivity index (χ0) is 19.3. The van der Waals surface area contributed by atoms with E-state index in [2.05, 4.69) is 20.9 Å². The van der Waals surface area contributed by atoms with Crippen LogP contribution in [0.3, 0.4) is 0 Å². The largest absolute Gasteiger partial charge is 0.356 e. The van der Waals surface area contributed by atoms with Gasteiger partial charge in [-0.1, -0.05) is 31.5 Å². The van der Waals surface area contributed by atoms with Crippen LogP contribution in [0.4, 0.5) is 9.18 Å². The smallest absolute Gasteiger partial charge is 0.324 e. The molecule has 0 radical (unpaired) electrons. The Morgan fingerprint density at radius 1 is 1.37 bits per heavy atom. The molecule has 27 heavy (non-hydrogen) atoms. The highest BCUT2D eigenvalue weighted by atomic mass is 127. The van der Waals surface area contributed by atoms with Crippen molar-refractivity contribution in [2.45, 2.75) is 19.3 Å². The molecule has 3 amide bonds. The predicted octanol–water partition coefficient (Wildman–Crippen LogP) is 2.09. The van der Waals surface area contributed by atoms with Crippen LogP contribution in [0.25, 0.3) is 0 Å². The molecule has 7 nitrogen and oxygen atoms in total. The minimum Gasteiger partial charge on any atom is -0.356 e. The summed E-state index contributed by atoms with van der Waals surface area (Å²) in [5, 5.41) is 9.08. The standard InChI is InChI=1S/C17H23ClFN5O2.HI/c1-17(2,12-5-4-11(19)8-13(12)18)10-23-15(20-3)21-6-7-24-14(25)9-22-16(24)26;/h4-5,8H,6-7,9-10H2,1-3H3,(H,22,26)(H2,20,21,23);1H. The number of benzene rings is 1. The molecule has 2 rings (SSSR count). The average Bonchev–Trinajstić information content (AvgIpc) is 2.89. The van der Waals surface area contributed by atoms with Crippen LogP contribution in [0, 0.1) is 5.82 Å². The van der Waals surface area contributed by atoms with E-state index in [-0.39, 0.29) is 60.2 Å². The summed E-state index contributed by atoms with van der Waals surface area (Å²) in [7, 11) is 1.63. The van der Waals surface area contributed by atoms with Crippen LogP contribution in [-0.2, 0) is 10.2 Å². The number of hydrogen-bond donors (Lipinski definition) is 3. The third kappa shape index (κ3) is 6.20. The number of imide groups is 1. The lowest BCUT2D eigenvalue weighted by Gasteiger charge is -2.28. The number of carbonyl (C=O) groups excluding carboxylic acids is 2. The highest BCUT2D eigenvalue weighted by Crippen LogP contribution is 2.29. The summed E-state index contributed by atoms with van der Waals surface area (Å²) in [6, 6.07) is 3.97. The lowest BCUT2D eigenvalue weighted by molar-refractivity contribution is -0.124. The summed E-state index contributed by atoms with van der Waals surface area (Å²) >= 11 is 6.16. The molecule has 1 heterocycles. The minimum atomic E-state index is -0.383. The molecule has 1 aliphatic rings. The summed E-state index contributed by atoms with van der Waals surface area (Å²) in [6.45, 7) is 5.13. The molecule has 0 aliphatic carbocycles. The van der Waals surface area contributed by atoms with Crippen molar-refractivity contribution in [3.05, 3.63) is 34.6 Å². The zero-order valence-electron chi connectivity index (χ0n) is 15.4. The second-order valence-corrected chi connectivity index (χ2v) is 6.97. The van der Waals surface area contributed by atoms with Gasteiger partial charge in [-0.25, -0.2) is 9.18 Å². The van der Waals surface area contributed by atoms with E-state index in [1.54, 1.807) is 13.1 Å². The van der Waals surface area contributed by atoms with Crippen molar-refractivity contribution < 1.29 is 14.0 Å². The van der Waals surface area contributed by atoms with Crippen LogP contribution >= 0.6 is 35.6 Å². The number of guanidine groups is 1. The monoisotopic (exact) mass is 511 g/mol. The zero-order valence-corrected chi connectivity index (χ0v) is 18.5. The van der Waals surface area contributed by atoms with Crippen LogP contribution in [0.15, 0.2) is 23.2 Å². The molecule has 1 aromatic carbocycles. The normalized spacial score (nSPS) is 14.7. The van der Waals surface area contributed by atoms with E-state index in [4.69, 9.17) is 11.6 Å². The van der Waals surface area contributed by atoms with Gasteiger partial charge in [0.1, 0.15) is 5.82 Å². The second-order valence-electron chi connectivity index (χ2n) is 6.56. The van der Waals surface area contributed by atoms with Crippen LogP contribution in [0.1, 0.15) is 19.4 Å². The lowest BCUT2D eigenvalue weighted by Crippen LogP contribution is -2.46. The van der Waals surface area contributed by atoms with Gasteiger partial charge >= 0.3 is 6.03 Å². The van der Waals surface area contributed by atoms with E-state index in [9.17, 15) is 14.0 Å². The van der Waals surface area contributed by atoms with E-state index < -0.39 is 0 Å². The third-order valence-corrected chi connectivity index (χ3v) is 4.46. The number of rotatable bonds is 6. The number of hydrogen-bond acceptors (Lipinski definition) is 3. The SMILES string of the molecule is CN=C(NCCN1C(=O)CNC1=O)NCC(C)(C)c1ccc(F)cc1Cl.I. The van der Waals surface area contributed by atoms with Crippen molar-refractivity contribution in [1.29, 1.82) is 0 Å². The maximum absolute atomic E-state index is 13.2. The molecule has 1 saturated heterocycles. The third-order valence-electron chi connectivity index (χ3n) is 4.15. The fourth-order valence-electron chi connectivity index (χ4n) is 2.63. The van der Waals surface area contributed by atoms with Crippen LogP contribution in [0.2, 0.25) is 5.02 Å². The summed E-state index contributed by atoms with van der Waals surface area (Å²) in [5.74, 6) is -0.0873.